The molecule has 11 heteroatoms. The maximum atomic E-state index is 13.8. The van der Waals surface area contributed by atoms with Gasteiger partial charge < -0.3 is 31.2 Å². The average molecular weight is 623 g/mol. The molecule has 3 aromatic carbocycles. The number of benzene rings is 3. The topological polar surface area (TPSA) is 152 Å². The summed E-state index contributed by atoms with van der Waals surface area (Å²) in [6.45, 7) is 3.15. The third-order valence-electron chi connectivity index (χ3n) is 8.18. The molecule has 4 aromatic rings. The number of aromatic amines is 1. The molecular formula is C35H38N6O5. The first kappa shape index (κ1) is 32.0. The Morgan fingerprint density at radius 2 is 1.35 bits per heavy atom. The van der Waals surface area contributed by atoms with Gasteiger partial charge in [-0.05, 0) is 43.2 Å². The van der Waals surface area contributed by atoms with E-state index >= 15 is 0 Å². The van der Waals surface area contributed by atoms with Crippen LogP contribution in [0.2, 0.25) is 0 Å². The van der Waals surface area contributed by atoms with Gasteiger partial charge in [-0.15, -0.1) is 0 Å². The first-order valence-electron chi connectivity index (χ1n) is 15.3. The van der Waals surface area contributed by atoms with Crippen molar-refractivity contribution in [3.63, 3.8) is 0 Å². The van der Waals surface area contributed by atoms with E-state index in [9.17, 15) is 24.0 Å². The number of aromatic nitrogens is 1. The number of H-pyrrole nitrogens is 1. The Bertz CT molecular complexity index is 1710. The molecule has 11 nitrogen and oxygen atoms in total. The Morgan fingerprint density at radius 3 is 2.09 bits per heavy atom. The van der Waals surface area contributed by atoms with Crippen LogP contribution < -0.4 is 21.3 Å². The lowest BCUT2D eigenvalue weighted by Crippen LogP contribution is -2.57. The van der Waals surface area contributed by atoms with E-state index in [-0.39, 0.29) is 25.9 Å². The number of carbonyl (C=O) groups is 5. The van der Waals surface area contributed by atoms with Gasteiger partial charge in [0, 0.05) is 48.6 Å². The number of amides is 5. The lowest BCUT2D eigenvalue weighted by molar-refractivity contribution is -0.133. The zero-order chi connectivity index (χ0) is 32.6. The van der Waals surface area contributed by atoms with Crippen molar-refractivity contribution < 1.29 is 24.0 Å². The van der Waals surface area contributed by atoms with Crippen LogP contribution in [0.25, 0.3) is 10.9 Å². The highest BCUT2D eigenvalue weighted by Crippen LogP contribution is 2.20. The van der Waals surface area contributed by atoms with E-state index in [4.69, 9.17) is 0 Å². The molecule has 46 heavy (non-hydrogen) atoms. The number of rotatable bonds is 5. The predicted octanol–water partition coefficient (Wildman–Crippen LogP) is 2.09. The first-order valence-corrected chi connectivity index (χ1v) is 15.3. The smallest absolute Gasteiger partial charge is 0.254 e. The van der Waals surface area contributed by atoms with Gasteiger partial charge in [0.05, 0.1) is 0 Å². The minimum atomic E-state index is -1.07. The fraction of sp³-hybridized carbons (Fsp3) is 0.286. The molecule has 1 fully saturated rings. The minimum Gasteiger partial charge on any atom is -0.361 e. The number of fused-ring (bicyclic) bond motifs is 1. The fourth-order valence-electron chi connectivity index (χ4n) is 5.54. The minimum absolute atomic E-state index is 0.00969. The third-order valence-corrected chi connectivity index (χ3v) is 8.18. The van der Waals surface area contributed by atoms with Crippen LogP contribution in [-0.4, -0.2) is 76.7 Å². The van der Waals surface area contributed by atoms with Crippen molar-refractivity contribution in [3.8, 4) is 0 Å². The van der Waals surface area contributed by atoms with E-state index < -0.39 is 53.7 Å². The molecule has 1 aromatic heterocycles. The summed E-state index contributed by atoms with van der Waals surface area (Å²) in [6.07, 6.45) is 2.13. The average Bonchev–Trinajstić information content (AvgIpc) is 3.48. The summed E-state index contributed by atoms with van der Waals surface area (Å²) in [4.78, 5) is 72.4. The van der Waals surface area contributed by atoms with Crippen LogP contribution in [0.3, 0.4) is 0 Å². The zero-order valence-electron chi connectivity index (χ0n) is 25.8. The van der Waals surface area contributed by atoms with Gasteiger partial charge >= 0.3 is 0 Å². The molecule has 1 saturated heterocycles. The van der Waals surface area contributed by atoms with Gasteiger partial charge in [0.2, 0.25) is 23.6 Å². The van der Waals surface area contributed by atoms with Crippen LogP contribution in [0.15, 0.2) is 91.1 Å². The SMILES string of the molecule is C[C@@H]1NC(=O)[C@@H](Cc2c[nH]c3ccccc23)NC(=O)[C@@H](C)N(C(=O)c2ccccc2)CCNC(=O)[C@H](Cc2ccccc2)NC1=O. The van der Waals surface area contributed by atoms with Crippen LogP contribution >= 0.6 is 0 Å². The number of hydrogen-bond acceptors (Lipinski definition) is 5. The Hall–Kier alpha value is -5.45. The summed E-state index contributed by atoms with van der Waals surface area (Å²) in [5.74, 6) is -2.53. The second kappa shape index (κ2) is 14.6. The Balaban J connectivity index is 1.47. The van der Waals surface area contributed by atoms with Crippen LogP contribution in [0.1, 0.15) is 35.3 Å². The predicted molar refractivity (Wildman–Crippen MR) is 174 cm³/mol. The van der Waals surface area contributed by atoms with Gasteiger partial charge in [0.15, 0.2) is 0 Å². The molecule has 0 bridgehead atoms. The van der Waals surface area contributed by atoms with Crippen molar-refractivity contribution in [1.82, 2.24) is 31.2 Å². The molecule has 2 heterocycles. The summed E-state index contributed by atoms with van der Waals surface area (Å²) in [5, 5.41) is 12.0. The molecule has 1 aliphatic heterocycles. The standard InChI is InChI=1S/C35H38N6O5/c1-22-31(42)39-29(19-24-11-5-3-6-12-24)33(44)36-17-18-41(35(46)25-13-7-4-8-14-25)23(2)32(43)40-30(34(45)38-22)20-26-21-37-28-16-10-9-15-27(26)28/h3-16,21-23,29-30,37H,17-20H2,1-2H3,(H,36,44)(H,38,45)(H,39,42)(H,40,43)/t22-,23+,29-,30+/m0/s1. The second-order valence-electron chi connectivity index (χ2n) is 11.4. The van der Waals surface area contributed by atoms with Crippen molar-refractivity contribution in [2.24, 2.45) is 0 Å². The van der Waals surface area contributed by atoms with Crippen LogP contribution in [0, 0.1) is 0 Å². The van der Waals surface area contributed by atoms with Gasteiger partial charge in [0.1, 0.15) is 24.2 Å². The molecule has 0 radical (unpaired) electrons. The van der Waals surface area contributed by atoms with Crippen LogP contribution in [0.5, 0.6) is 0 Å². The molecule has 1 aliphatic rings. The van der Waals surface area contributed by atoms with Crippen LogP contribution in [0.4, 0.5) is 0 Å². The summed E-state index contributed by atoms with van der Waals surface area (Å²) in [7, 11) is 0. The number of nitrogens with one attached hydrogen (secondary N) is 5. The summed E-state index contributed by atoms with van der Waals surface area (Å²) < 4.78 is 0. The highest BCUT2D eigenvalue weighted by molar-refractivity contribution is 5.99. The van der Waals surface area contributed by atoms with Crippen molar-refractivity contribution in [2.75, 3.05) is 13.1 Å². The van der Waals surface area contributed by atoms with E-state index in [1.54, 1.807) is 43.5 Å². The number of hydrogen-bond donors (Lipinski definition) is 5. The quantitative estimate of drug-likeness (QED) is 0.231. The van der Waals surface area contributed by atoms with Crippen molar-refractivity contribution in [1.29, 1.82) is 0 Å². The van der Waals surface area contributed by atoms with Crippen molar-refractivity contribution >= 4 is 40.4 Å². The van der Waals surface area contributed by atoms with Crippen molar-refractivity contribution in [2.45, 2.75) is 50.9 Å². The van der Waals surface area contributed by atoms with E-state index in [1.807, 2.05) is 54.6 Å². The first-order chi connectivity index (χ1) is 22.2. The van der Waals surface area contributed by atoms with Gasteiger partial charge in [-0.1, -0.05) is 66.7 Å². The van der Waals surface area contributed by atoms with Crippen LogP contribution in [-0.2, 0) is 32.0 Å². The molecule has 0 unspecified atom stereocenters. The summed E-state index contributed by atoms with van der Waals surface area (Å²) in [5.41, 5.74) is 2.89. The fourth-order valence-corrected chi connectivity index (χ4v) is 5.54. The lowest BCUT2D eigenvalue weighted by Gasteiger charge is -2.30. The molecule has 5 rings (SSSR count). The Kier molecular flexibility index (Phi) is 10.1. The molecule has 0 saturated carbocycles. The van der Waals surface area contributed by atoms with E-state index in [1.165, 1.54) is 11.8 Å². The molecule has 0 aliphatic carbocycles. The molecule has 5 amide bonds. The molecule has 238 valence electrons. The molecule has 4 atom stereocenters. The molecular weight excluding hydrogens is 584 g/mol. The van der Waals surface area contributed by atoms with Gasteiger partial charge in [-0.25, -0.2) is 0 Å². The Labute approximate surface area is 267 Å². The van der Waals surface area contributed by atoms with E-state index in [2.05, 4.69) is 26.3 Å². The normalized spacial score (nSPS) is 21.7. The van der Waals surface area contributed by atoms with Crippen molar-refractivity contribution in [3.05, 3.63) is 108 Å². The lowest BCUT2D eigenvalue weighted by atomic mass is 10.0. The summed E-state index contributed by atoms with van der Waals surface area (Å²) >= 11 is 0. The van der Waals surface area contributed by atoms with E-state index in [0.717, 1.165) is 22.0 Å². The Morgan fingerprint density at radius 1 is 0.717 bits per heavy atom. The third kappa shape index (κ3) is 7.60. The second-order valence-corrected chi connectivity index (χ2v) is 11.4. The van der Waals surface area contributed by atoms with Gasteiger partial charge in [0.25, 0.3) is 5.91 Å². The number of nitrogens with zero attached hydrogens (tertiary/aromatic N) is 1. The van der Waals surface area contributed by atoms with Gasteiger partial charge in [-0.3, -0.25) is 24.0 Å². The largest absolute Gasteiger partial charge is 0.361 e. The number of carbonyl (C=O) groups excluding carboxylic acids is 5. The van der Waals surface area contributed by atoms with E-state index in [0.29, 0.717) is 5.56 Å². The zero-order valence-corrected chi connectivity index (χ0v) is 25.8. The maximum absolute atomic E-state index is 13.8. The maximum Gasteiger partial charge on any atom is 0.254 e. The number of para-hydroxylation sites is 1. The highest BCUT2D eigenvalue weighted by Gasteiger charge is 2.33. The monoisotopic (exact) mass is 622 g/mol. The van der Waals surface area contributed by atoms with Gasteiger partial charge in [-0.2, -0.15) is 0 Å². The summed E-state index contributed by atoms with van der Waals surface area (Å²) in [6, 6.07) is 21.4. The highest BCUT2D eigenvalue weighted by atomic mass is 16.2. The molecule has 0 spiro atoms. The molecule has 5 N–H and O–H groups in total.